The average Bonchev–Trinajstić information content (AvgIpc) is 3.43. The molecule has 4 aromatic heterocycles. The first-order valence-electron chi connectivity index (χ1n) is 12.2. The molecule has 0 amide bonds. The van der Waals surface area contributed by atoms with Gasteiger partial charge in [0.15, 0.2) is 11.5 Å². The Morgan fingerprint density at radius 2 is 2.00 bits per heavy atom. The van der Waals surface area contributed by atoms with Crippen molar-refractivity contribution < 1.29 is 9.90 Å². The number of hydrogen-bond acceptors (Lipinski definition) is 6. The molecule has 0 unspecified atom stereocenters. The van der Waals surface area contributed by atoms with Gasteiger partial charge >= 0.3 is 5.97 Å². The number of H-pyrrole nitrogens is 1. The summed E-state index contributed by atoms with van der Waals surface area (Å²) >= 11 is 6.14. The highest BCUT2D eigenvalue weighted by atomic mass is 35.5. The van der Waals surface area contributed by atoms with Gasteiger partial charge in [0, 0.05) is 25.0 Å². The van der Waals surface area contributed by atoms with Gasteiger partial charge in [-0.1, -0.05) is 25.4 Å². The number of rotatable bonds is 6. The van der Waals surface area contributed by atoms with Crippen LogP contribution in [-0.4, -0.2) is 46.6 Å². The van der Waals surface area contributed by atoms with Gasteiger partial charge in [-0.25, -0.2) is 19.9 Å². The average molecular weight is 494 g/mol. The summed E-state index contributed by atoms with van der Waals surface area (Å²) in [7, 11) is 0. The predicted molar refractivity (Wildman–Crippen MR) is 134 cm³/mol. The van der Waals surface area contributed by atoms with E-state index in [1.165, 1.54) is 6.20 Å². The highest BCUT2D eigenvalue weighted by Crippen LogP contribution is 2.46. The minimum atomic E-state index is -0.721. The van der Waals surface area contributed by atoms with Gasteiger partial charge in [0.05, 0.1) is 23.1 Å². The molecule has 4 heterocycles. The van der Waals surface area contributed by atoms with E-state index in [2.05, 4.69) is 38.7 Å². The van der Waals surface area contributed by atoms with E-state index in [1.807, 2.05) is 12.3 Å². The molecular formula is C25H28ClN7O2. The van der Waals surface area contributed by atoms with Crippen molar-refractivity contribution in [3.05, 3.63) is 29.8 Å². The molecule has 4 aromatic rings. The maximum absolute atomic E-state index is 12.3. The van der Waals surface area contributed by atoms with E-state index in [9.17, 15) is 9.90 Å². The largest absolute Gasteiger partial charge is 0.481 e. The molecule has 0 radical (unpaired) electrons. The third-order valence-corrected chi connectivity index (χ3v) is 7.76. The van der Waals surface area contributed by atoms with Gasteiger partial charge in [-0.15, -0.1) is 0 Å². The van der Waals surface area contributed by atoms with Crippen LogP contribution in [0.3, 0.4) is 0 Å². The van der Waals surface area contributed by atoms with Crippen LogP contribution in [0.5, 0.6) is 0 Å². The highest BCUT2D eigenvalue weighted by molar-refractivity contribution is 6.29. The number of aromatic amines is 1. The number of aromatic nitrogens is 6. The third kappa shape index (κ3) is 3.82. The summed E-state index contributed by atoms with van der Waals surface area (Å²) in [6, 6.07) is 1.86. The molecule has 7 rings (SSSR count). The molecule has 3 fully saturated rings. The molecule has 3 aliphatic rings. The molecule has 0 saturated heterocycles. The van der Waals surface area contributed by atoms with Gasteiger partial charge in [0.25, 0.3) is 0 Å². The van der Waals surface area contributed by atoms with Gasteiger partial charge in [-0.05, 0) is 49.5 Å². The lowest BCUT2D eigenvalue weighted by atomic mass is 9.61. The van der Waals surface area contributed by atoms with E-state index in [4.69, 9.17) is 21.6 Å². The van der Waals surface area contributed by atoms with Crippen molar-refractivity contribution in [2.45, 2.75) is 52.1 Å². The van der Waals surface area contributed by atoms with E-state index in [0.717, 1.165) is 43.3 Å². The Kier molecular flexibility index (Phi) is 5.40. The second kappa shape index (κ2) is 8.48. The molecule has 0 spiro atoms. The summed E-state index contributed by atoms with van der Waals surface area (Å²) in [5, 5.41) is 14.9. The van der Waals surface area contributed by atoms with E-state index in [1.54, 1.807) is 6.20 Å². The molecule has 0 aromatic carbocycles. The van der Waals surface area contributed by atoms with Crippen LogP contribution in [0.15, 0.2) is 24.7 Å². The fourth-order valence-corrected chi connectivity index (χ4v) is 6.18. The number of halogens is 1. The number of fused-ring (bicyclic) bond motifs is 5. The lowest BCUT2D eigenvalue weighted by Crippen LogP contribution is -2.51. The van der Waals surface area contributed by atoms with Gasteiger partial charge in [-0.3, -0.25) is 4.79 Å². The Labute approximate surface area is 207 Å². The van der Waals surface area contributed by atoms with Gasteiger partial charge < -0.3 is 20.0 Å². The molecule has 2 atom stereocenters. The molecule has 2 bridgehead atoms. The van der Waals surface area contributed by atoms with Crippen molar-refractivity contribution in [3.63, 3.8) is 0 Å². The van der Waals surface area contributed by atoms with E-state index in [-0.39, 0.29) is 12.0 Å². The number of aliphatic carboxylic acids is 1. The zero-order valence-corrected chi connectivity index (χ0v) is 20.5. The van der Waals surface area contributed by atoms with Crippen LogP contribution in [0, 0.1) is 23.7 Å². The van der Waals surface area contributed by atoms with Gasteiger partial charge in [0.1, 0.15) is 22.1 Å². The molecule has 9 nitrogen and oxygen atoms in total. The summed E-state index contributed by atoms with van der Waals surface area (Å²) in [4.78, 5) is 34.0. The second-order valence-corrected chi connectivity index (χ2v) is 10.7. The number of carboxylic acid groups (broad SMARTS) is 1. The minimum absolute atomic E-state index is 0.156. The van der Waals surface area contributed by atoms with Crippen LogP contribution < -0.4 is 5.32 Å². The van der Waals surface area contributed by atoms with Crippen LogP contribution in [0.2, 0.25) is 5.15 Å². The third-order valence-electron chi connectivity index (χ3n) is 7.58. The number of carbonyl (C=O) groups is 1. The van der Waals surface area contributed by atoms with Crippen LogP contribution in [-0.2, 0) is 11.3 Å². The van der Waals surface area contributed by atoms with Crippen molar-refractivity contribution in [3.8, 4) is 11.4 Å². The van der Waals surface area contributed by atoms with Crippen molar-refractivity contribution in [1.29, 1.82) is 0 Å². The highest BCUT2D eigenvalue weighted by Gasteiger charge is 2.47. The standard InChI is InChI=1S/C25H28ClN7O2/c1-12(2)11-33-8-7-15-21(30-19-14-5-3-13(4-6-14)18(19)25(34)35)31-22(32-24(15)33)16-9-27-23-20(16)29-17(26)10-28-23/h7-10,12-14,18-19H,3-6,11H2,1-2H3,(H,27,28)(H,34,35)(H,30,31,32)/t13?,14?,18-,19-/m1/s1. The maximum Gasteiger partial charge on any atom is 0.308 e. The van der Waals surface area contributed by atoms with E-state index in [0.29, 0.717) is 45.4 Å². The smallest absolute Gasteiger partial charge is 0.308 e. The van der Waals surface area contributed by atoms with Crippen molar-refractivity contribution in [2.75, 3.05) is 5.32 Å². The zero-order chi connectivity index (χ0) is 24.3. The molecular weight excluding hydrogens is 466 g/mol. The summed E-state index contributed by atoms with van der Waals surface area (Å²) in [6.07, 6.45) is 9.41. The normalized spacial score (nSPS) is 24.0. The Morgan fingerprint density at radius 3 is 2.74 bits per heavy atom. The summed E-state index contributed by atoms with van der Waals surface area (Å²) < 4.78 is 2.13. The van der Waals surface area contributed by atoms with Crippen LogP contribution in [0.1, 0.15) is 39.5 Å². The molecule has 3 N–H and O–H groups in total. The Hall–Kier alpha value is -3.20. The first-order chi connectivity index (χ1) is 16.9. The first-order valence-corrected chi connectivity index (χ1v) is 12.6. The van der Waals surface area contributed by atoms with Crippen molar-refractivity contribution in [1.82, 2.24) is 29.5 Å². The molecule has 10 heteroatoms. The van der Waals surface area contributed by atoms with Crippen molar-refractivity contribution in [2.24, 2.45) is 23.7 Å². The van der Waals surface area contributed by atoms with Gasteiger partial charge in [-0.2, -0.15) is 0 Å². The lowest BCUT2D eigenvalue weighted by molar-refractivity contribution is -0.148. The van der Waals surface area contributed by atoms with Crippen molar-refractivity contribution >= 4 is 45.6 Å². The van der Waals surface area contributed by atoms with E-state index >= 15 is 0 Å². The summed E-state index contributed by atoms with van der Waals surface area (Å²) in [6.45, 7) is 5.14. The quantitative estimate of drug-likeness (QED) is 0.346. The number of anilines is 1. The SMILES string of the molecule is CC(C)Cn1ccc2c(N[C@@H]3C4CCC(CC4)[C@H]3C(=O)O)nc(-c3c[nH]c4ncc(Cl)nc34)nc21. The number of hydrogen-bond donors (Lipinski definition) is 3. The summed E-state index contributed by atoms with van der Waals surface area (Å²) in [5.74, 6) is 1.00. The Bertz CT molecular complexity index is 1420. The monoisotopic (exact) mass is 493 g/mol. The van der Waals surface area contributed by atoms with Crippen LogP contribution >= 0.6 is 11.6 Å². The second-order valence-electron chi connectivity index (χ2n) is 10.3. The fourth-order valence-electron chi connectivity index (χ4n) is 6.05. The van der Waals surface area contributed by atoms with Crippen LogP contribution in [0.25, 0.3) is 33.6 Å². The minimum Gasteiger partial charge on any atom is -0.481 e. The topological polar surface area (TPSA) is 122 Å². The molecule has 35 heavy (non-hydrogen) atoms. The number of carboxylic acids is 1. The molecule has 182 valence electrons. The lowest BCUT2D eigenvalue weighted by Gasteiger charge is -2.47. The van der Waals surface area contributed by atoms with Gasteiger partial charge in [0.2, 0.25) is 0 Å². The fraction of sp³-hybridized carbons (Fsp3) is 0.480. The van der Waals surface area contributed by atoms with E-state index < -0.39 is 11.9 Å². The molecule has 0 aliphatic heterocycles. The Balaban J connectivity index is 1.50. The zero-order valence-electron chi connectivity index (χ0n) is 19.7. The Morgan fingerprint density at radius 1 is 1.23 bits per heavy atom. The maximum atomic E-state index is 12.3. The number of nitrogens with zero attached hydrogens (tertiary/aromatic N) is 5. The molecule has 3 saturated carbocycles. The van der Waals surface area contributed by atoms with Crippen LogP contribution in [0.4, 0.5) is 5.82 Å². The predicted octanol–water partition coefficient (Wildman–Crippen LogP) is 4.98. The first kappa shape index (κ1) is 22.3. The summed E-state index contributed by atoms with van der Waals surface area (Å²) in [5.41, 5.74) is 2.72. The number of nitrogens with one attached hydrogen (secondary N) is 2. The molecule has 3 aliphatic carbocycles.